The van der Waals surface area contributed by atoms with Crippen LogP contribution in [0.4, 0.5) is 0 Å². The molecule has 0 amide bonds. The van der Waals surface area contributed by atoms with Crippen molar-refractivity contribution in [1.82, 2.24) is 4.90 Å². The fourth-order valence-electron chi connectivity index (χ4n) is 2.08. The molecule has 0 aliphatic heterocycles. The molecule has 1 rings (SSSR count). The Labute approximate surface area is 134 Å². The first kappa shape index (κ1) is 18.5. The molecule has 0 aromatic heterocycles. The molecule has 4 nitrogen and oxygen atoms in total. The van der Waals surface area contributed by atoms with Gasteiger partial charge in [-0.2, -0.15) is 0 Å². The predicted octanol–water partition coefficient (Wildman–Crippen LogP) is 3.79. The van der Waals surface area contributed by atoms with Crippen molar-refractivity contribution in [1.29, 1.82) is 0 Å². The number of nitrogens with zero attached hydrogens (tertiary/aromatic N) is 1. The number of ketones is 1. The van der Waals surface area contributed by atoms with Crippen LogP contribution in [0, 0.1) is 0 Å². The standard InChI is InChI=1S/C18H29NO3/c1-5-11-21-17-10-9-15(13-18(17)22-12-6-2)16(20)14-19(7-3)8-4/h9-10,13H,5-8,11-12,14H2,1-4H3. The average molecular weight is 307 g/mol. The quantitative estimate of drug-likeness (QED) is 0.583. The van der Waals surface area contributed by atoms with Gasteiger partial charge in [0, 0.05) is 5.56 Å². The van der Waals surface area contributed by atoms with Crippen LogP contribution in [0.1, 0.15) is 50.9 Å². The Morgan fingerprint density at radius 1 is 0.955 bits per heavy atom. The molecule has 0 aliphatic rings. The normalized spacial score (nSPS) is 10.8. The van der Waals surface area contributed by atoms with Gasteiger partial charge >= 0.3 is 0 Å². The van der Waals surface area contributed by atoms with Gasteiger partial charge in [-0.3, -0.25) is 9.69 Å². The molecule has 22 heavy (non-hydrogen) atoms. The van der Waals surface area contributed by atoms with Crippen LogP contribution >= 0.6 is 0 Å². The van der Waals surface area contributed by atoms with Crippen LogP contribution in [0.25, 0.3) is 0 Å². The molecule has 1 aromatic carbocycles. The van der Waals surface area contributed by atoms with E-state index in [0.717, 1.165) is 31.7 Å². The molecule has 0 saturated carbocycles. The summed E-state index contributed by atoms with van der Waals surface area (Å²) >= 11 is 0. The summed E-state index contributed by atoms with van der Waals surface area (Å²) in [7, 11) is 0. The first-order valence-corrected chi connectivity index (χ1v) is 8.31. The molecule has 4 heteroatoms. The van der Waals surface area contributed by atoms with Crippen molar-refractivity contribution >= 4 is 5.78 Å². The number of hydrogen-bond donors (Lipinski definition) is 0. The van der Waals surface area contributed by atoms with Crippen LogP contribution in [0.5, 0.6) is 11.5 Å². The van der Waals surface area contributed by atoms with E-state index in [0.29, 0.717) is 31.1 Å². The zero-order chi connectivity index (χ0) is 16.4. The maximum absolute atomic E-state index is 12.4. The van der Waals surface area contributed by atoms with Crippen molar-refractivity contribution in [3.63, 3.8) is 0 Å². The van der Waals surface area contributed by atoms with Crippen molar-refractivity contribution in [2.75, 3.05) is 32.8 Å². The topological polar surface area (TPSA) is 38.8 Å². The molecule has 0 bridgehead atoms. The van der Waals surface area contributed by atoms with Gasteiger partial charge in [0.15, 0.2) is 17.3 Å². The van der Waals surface area contributed by atoms with Crippen molar-refractivity contribution in [3.8, 4) is 11.5 Å². The van der Waals surface area contributed by atoms with Crippen LogP contribution in [0.2, 0.25) is 0 Å². The Hall–Kier alpha value is -1.55. The minimum Gasteiger partial charge on any atom is -0.490 e. The SMILES string of the molecule is CCCOc1ccc(C(=O)CN(CC)CC)cc1OCCC. The number of likely N-dealkylation sites (N-methyl/N-ethyl adjacent to an activating group) is 1. The summed E-state index contributed by atoms with van der Waals surface area (Å²) in [5.74, 6) is 1.50. The van der Waals surface area contributed by atoms with Gasteiger partial charge in [-0.25, -0.2) is 0 Å². The van der Waals surface area contributed by atoms with E-state index in [9.17, 15) is 4.79 Å². The minimum atomic E-state index is 0.118. The van der Waals surface area contributed by atoms with Crippen LogP contribution in [0.15, 0.2) is 18.2 Å². The van der Waals surface area contributed by atoms with E-state index in [1.54, 1.807) is 0 Å². The fourth-order valence-corrected chi connectivity index (χ4v) is 2.08. The maximum Gasteiger partial charge on any atom is 0.176 e. The summed E-state index contributed by atoms with van der Waals surface area (Å²) < 4.78 is 11.4. The van der Waals surface area contributed by atoms with E-state index in [-0.39, 0.29) is 5.78 Å². The lowest BCUT2D eigenvalue weighted by atomic mass is 10.1. The fraction of sp³-hybridized carbons (Fsp3) is 0.611. The van der Waals surface area contributed by atoms with Crippen molar-refractivity contribution in [2.45, 2.75) is 40.5 Å². The molecule has 0 heterocycles. The Morgan fingerprint density at radius 2 is 1.55 bits per heavy atom. The molecule has 1 aromatic rings. The van der Waals surface area contributed by atoms with E-state index < -0.39 is 0 Å². The summed E-state index contributed by atoms with van der Waals surface area (Å²) in [4.78, 5) is 14.5. The highest BCUT2D eigenvalue weighted by Crippen LogP contribution is 2.29. The smallest absolute Gasteiger partial charge is 0.176 e. The van der Waals surface area contributed by atoms with Gasteiger partial charge in [-0.05, 0) is 44.1 Å². The minimum absolute atomic E-state index is 0.118. The Bertz CT molecular complexity index is 456. The highest BCUT2D eigenvalue weighted by Gasteiger charge is 2.14. The first-order valence-electron chi connectivity index (χ1n) is 8.31. The molecule has 0 radical (unpaired) electrons. The zero-order valence-electron chi connectivity index (χ0n) is 14.4. The summed E-state index contributed by atoms with van der Waals surface area (Å²) in [6.45, 7) is 11.7. The molecule has 0 aliphatic carbocycles. The summed E-state index contributed by atoms with van der Waals surface area (Å²) in [5, 5.41) is 0. The molecule has 0 atom stereocenters. The van der Waals surface area contributed by atoms with Crippen LogP contribution in [0.3, 0.4) is 0 Å². The molecule has 124 valence electrons. The van der Waals surface area contributed by atoms with E-state index >= 15 is 0 Å². The van der Waals surface area contributed by atoms with Crippen molar-refractivity contribution < 1.29 is 14.3 Å². The number of rotatable bonds is 11. The van der Waals surface area contributed by atoms with Crippen molar-refractivity contribution in [2.24, 2.45) is 0 Å². The van der Waals surface area contributed by atoms with Crippen LogP contribution in [-0.4, -0.2) is 43.5 Å². The number of carbonyl (C=O) groups is 1. The lowest BCUT2D eigenvalue weighted by Crippen LogP contribution is -2.29. The number of Topliss-reactive ketones (excluding diaryl/α,β-unsaturated/α-hetero) is 1. The van der Waals surface area contributed by atoms with E-state index in [4.69, 9.17) is 9.47 Å². The monoisotopic (exact) mass is 307 g/mol. The van der Waals surface area contributed by atoms with Gasteiger partial charge in [0.05, 0.1) is 19.8 Å². The zero-order valence-corrected chi connectivity index (χ0v) is 14.4. The summed E-state index contributed by atoms with van der Waals surface area (Å²) in [6.07, 6.45) is 1.86. The summed E-state index contributed by atoms with van der Waals surface area (Å²) in [6, 6.07) is 5.48. The number of carbonyl (C=O) groups excluding carboxylic acids is 1. The van der Waals surface area contributed by atoms with Gasteiger partial charge in [0.1, 0.15) is 0 Å². The molecule has 0 saturated heterocycles. The second-order valence-electron chi connectivity index (χ2n) is 5.24. The lowest BCUT2D eigenvalue weighted by molar-refractivity contribution is 0.0937. The predicted molar refractivity (Wildman–Crippen MR) is 90.1 cm³/mol. The number of hydrogen-bond acceptors (Lipinski definition) is 4. The Balaban J connectivity index is 2.89. The third-order valence-corrected chi connectivity index (χ3v) is 3.45. The van der Waals surface area contributed by atoms with Gasteiger partial charge < -0.3 is 9.47 Å². The number of benzene rings is 1. The molecule has 0 unspecified atom stereocenters. The Kier molecular flexibility index (Phi) is 8.60. The molecule has 0 spiro atoms. The average Bonchev–Trinajstić information content (AvgIpc) is 2.55. The lowest BCUT2D eigenvalue weighted by Gasteiger charge is -2.18. The van der Waals surface area contributed by atoms with Crippen LogP contribution < -0.4 is 9.47 Å². The Morgan fingerprint density at radius 3 is 2.09 bits per heavy atom. The molecular weight excluding hydrogens is 278 g/mol. The largest absolute Gasteiger partial charge is 0.490 e. The van der Waals surface area contributed by atoms with Gasteiger partial charge in [-0.15, -0.1) is 0 Å². The van der Waals surface area contributed by atoms with E-state index in [1.807, 2.05) is 18.2 Å². The van der Waals surface area contributed by atoms with E-state index in [1.165, 1.54) is 0 Å². The highest BCUT2D eigenvalue weighted by molar-refractivity contribution is 5.98. The second kappa shape index (κ2) is 10.2. The van der Waals surface area contributed by atoms with Gasteiger partial charge in [0.25, 0.3) is 0 Å². The second-order valence-corrected chi connectivity index (χ2v) is 5.24. The first-order chi connectivity index (χ1) is 10.7. The highest BCUT2D eigenvalue weighted by atomic mass is 16.5. The van der Waals surface area contributed by atoms with E-state index in [2.05, 4.69) is 32.6 Å². The molecular formula is C18H29NO3. The van der Waals surface area contributed by atoms with Gasteiger partial charge in [0.2, 0.25) is 0 Å². The number of ether oxygens (including phenoxy) is 2. The third-order valence-electron chi connectivity index (χ3n) is 3.45. The maximum atomic E-state index is 12.4. The third kappa shape index (κ3) is 5.68. The van der Waals surface area contributed by atoms with Gasteiger partial charge in [-0.1, -0.05) is 27.7 Å². The van der Waals surface area contributed by atoms with Crippen LogP contribution in [-0.2, 0) is 0 Å². The summed E-state index contributed by atoms with van der Waals surface area (Å²) in [5.41, 5.74) is 0.682. The van der Waals surface area contributed by atoms with Crippen molar-refractivity contribution in [3.05, 3.63) is 23.8 Å². The molecule has 0 fully saturated rings. The molecule has 0 N–H and O–H groups in total.